The molecule has 1 aromatic rings. The number of Topliss-reactive ketones (excluding diaryl/α,β-unsaturated/α-hetero) is 1. The van der Waals surface area contributed by atoms with Gasteiger partial charge in [0.2, 0.25) is 0 Å². The Morgan fingerprint density at radius 2 is 1.73 bits per heavy atom. The first-order valence-corrected chi connectivity index (χ1v) is 11.2. The summed E-state index contributed by atoms with van der Waals surface area (Å²) >= 11 is 0. The summed E-state index contributed by atoms with van der Waals surface area (Å²) in [5.41, 5.74) is 1.24. The molecular weight excluding hydrogens is 378 g/mol. The van der Waals surface area contributed by atoms with Gasteiger partial charge in [-0.3, -0.25) is 9.79 Å². The number of hydrogen-bond donors (Lipinski definition) is 1. The van der Waals surface area contributed by atoms with Crippen LogP contribution in [0.1, 0.15) is 88.9 Å². The molecule has 0 spiro atoms. The molecule has 164 valence electrons. The molecule has 0 saturated heterocycles. The third-order valence-electron chi connectivity index (χ3n) is 6.12. The Hall–Kier alpha value is -2.43. The maximum absolute atomic E-state index is 12.5. The van der Waals surface area contributed by atoms with Gasteiger partial charge in [0.05, 0.1) is 23.4 Å². The zero-order chi connectivity index (χ0) is 22.0. The number of aliphatic hydroxyl groups is 1. The van der Waals surface area contributed by atoms with Crippen molar-refractivity contribution < 1.29 is 19.4 Å². The largest absolute Gasteiger partial charge is 0.511 e. The number of allylic oxidation sites excluding steroid dienone is 2. The van der Waals surface area contributed by atoms with E-state index >= 15 is 0 Å². The zero-order valence-electron chi connectivity index (χ0n) is 18.6. The molecule has 0 unspecified atom stereocenters. The minimum Gasteiger partial charge on any atom is -0.511 e. The maximum Gasteiger partial charge on any atom is 0.338 e. The molecule has 5 nitrogen and oxygen atoms in total. The summed E-state index contributed by atoms with van der Waals surface area (Å²) in [7, 11) is 0. The van der Waals surface area contributed by atoms with E-state index < -0.39 is 0 Å². The van der Waals surface area contributed by atoms with Gasteiger partial charge in [-0.25, -0.2) is 4.79 Å². The highest BCUT2D eigenvalue weighted by Crippen LogP contribution is 2.41. The molecule has 1 aromatic carbocycles. The molecule has 1 aliphatic rings. The summed E-state index contributed by atoms with van der Waals surface area (Å²) in [5.74, 6) is -0.275. The summed E-state index contributed by atoms with van der Waals surface area (Å²) < 4.78 is 5.31. The molecule has 0 aromatic heterocycles. The Morgan fingerprint density at radius 1 is 1.07 bits per heavy atom. The van der Waals surface area contributed by atoms with Gasteiger partial charge in [0.1, 0.15) is 5.76 Å². The highest BCUT2D eigenvalue weighted by Gasteiger charge is 2.36. The Balaban J connectivity index is 1.93. The molecule has 0 saturated carbocycles. The number of esters is 1. The highest BCUT2D eigenvalue weighted by molar-refractivity contribution is 6.15. The van der Waals surface area contributed by atoms with Crippen LogP contribution in [0.2, 0.25) is 0 Å². The van der Waals surface area contributed by atoms with Crippen molar-refractivity contribution >= 4 is 23.7 Å². The van der Waals surface area contributed by atoms with Crippen molar-refractivity contribution in [2.75, 3.05) is 6.61 Å². The van der Waals surface area contributed by atoms with E-state index in [0.29, 0.717) is 36.3 Å². The molecule has 0 radical (unpaired) electrons. The minimum atomic E-state index is -0.334. The van der Waals surface area contributed by atoms with Crippen molar-refractivity contribution in [3.05, 3.63) is 41.2 Å². The van der Waals surface area contributed by atoms with Gasteiger partial charge >= 0.3 is 5.97 Å². The number of nitrogens with zero attached hydrogens (tertiary/aromatic N) is 1. The van der Waals surface area contributed by atoms with E-state index in [0.717, 1.165) is 25.7 Å². The summed E-state index contributed by atoms with van der Waals surface area (Å²) in [4.78, 5) is 28.9. The number of ketones is 1. The summed E-state index contributed by atoms with van der Waals surface area (Å²) in [6.07, 6.45) is 9.66. The topological polar surface area (TPSA) is 76.0 Å². The van der Waals surface area contributed by atoms with Crippen LogP contribution in [0.4, 0.5) is 5.69 Å². The summed E-state index contributed by atoms with van der Waals surface area (Å²) in [6, 6.07) is 6.76. The van der Waals surface area contributed by atoms with Crippen LogP contribution in [-0.2, 0) is 9.53 Å². The van der Waals surface area contributed by atoms with E-state index in [9.17, 15) is 14.7 Å². The average molecular weight is 414 g/mol. The fraction of sp³-hybridized carbons (Fsp3) is 0.560. The van der Waals surface area contributed by atoms with Gasteiger partial charge < -0.3 is 9.84 Å². The van der Waals surface area contributed by atoms with Crippen molar-refractivity contribution in [3.8, 4) is 0 Å². The first-order chi connectivity index (χ1) is 14.4. The van der Waals surface area contributed by atoms with Crippen LogP contribution in [-0.4, -0.2) is 29.7 Å². The second kappa shape index (κ2) is 11.7. The number of carbonyl (C=O) groups excluding carboxylic acids is 2. The monoisotopic (exact) mass is 413 g/mol. The van der Waals surface area contributed by atoms with Crippen LogP contribution in [0, 0.1) is 5.41 Å². The molecule has 0 bridgehead atoms. The average Bonchev–Trinajstić information content (AvgIpc) is 2.75. The summed E-state index contributed by atoms with van der Waals surface area (Å²) in [5, 5.41) is 10.4. The first kappa shape index (κ1) is 23.8. The lowest BCUT2D eigenvalue weighted by molar-refractivity contribution is -0.118. The Morgan fingerprint density at radius 3 is 2.33 bits per heavy atom. The van der Waals surface area contributed by atoms with Crippen molar-refractivity contribution in [2.24, 2.45) is 10.4 Å². The van der Waals surface area contributed by atoms with Crippen LogP contribution < -0.4 is 0 Å². The van der Waals surface area contributed by atoms with Crippen molar-refractivity contribution in [3.63, 3.8) is 0 Å². The third kappa shape index (κ3) is 6.54. The van der Waals surface area contributed by atoms with Crippen LogP contribution >= 0.6 is 0 Å². The molecule has 1 N–H and O–H groups in total. The fourth-order valence-corrected chi connectivity index (χ4v) is 3.78. The lowest BCUT2D eigenvalue weighted by Gasteiger charge is -2.34. The van der Waals surface area contributed by atoms with Crippen molar-refractivity contribution in [1.82, 2.24) is 0 Å². The van der Waals surface area contributed by atoms with Gasteiger partial charge in [-0.1, -0.05) is 46.5 Å². The quantitative estimate of drug-likeness (QED) is 0.255. The number of hydrogen-bond acceptors (Lipinski definition) is 5. The number of unbranched alkanes of at least 4 members (excludes halogenated alkanes) is 4. The molecule has 0 atom stereocenters. The predicted molar refractivity (Wildman–Crippen MR) is 121 cm³/mol. The molecule has 2 rings (SSSR count). The number of ether oxygens (including phenoxy) is 1. The zero-order valence-corrected chi connectivity index (χ0v) is 18.6. The molecule has 1 aliphatic carbocycles. The van der Waals surface area contributed by atoms with Gasteiger partial charge in [-0.15, -0.1) is 0 Å². The lowest BCUT2D eigenvalue weighted by atomic mass is 9.70. The number of aliphatic hydroxyl groups excluding tert-OH is 1. The molecule has 30 heavy (non-hydrogen) atoms. The van der Waals surface area contributed by atoms with Crippen molar-refractivity contribution in [1.29, 1.82) is 0 Å². The van der Waals surface area contributed by atoms with Gasteiger partial charge in [0, 0.05) is 19.1 Å². The van der Waals surface area contributed by atoms with E-state index in [2.05, 4.69) is 25.8 Å². The molecule has 0 aliphatic heterocycles. The minimum absolute atomic E-state index is 0.0645. The van der Waals surface area contributed by atoms with E-state index in [1.165, 1.54) is 25.5 Å². The number of rotatable bonds is 11. The molecular formula is C25H35NO4. The normalized spacial score (nSPS) is 16.3. The number of carbonyl (C=O) groups is 2. The first-order valence-electron chi connectivity index (χ1n) is 11.2. The molecule has 0 heterocycles. The lowest BCUT2D eigenvalue weighted by Crippen LogP contribution is -2.30. The summed E-state index contributed by atoms with van der Waals surface area (Å²) in [6.45, 7) is 6.73. The van der Waals surface area contributed by atoms with Crippen LogP contribution in [0.3, 0.4) is 0 Å². The molecule has 0 fully saturated rings. The van der Waals surface area contributed by atoms with Crippen LogP contribution in [0.5, 0.6) is 0 Å². The SMILES string of the molecule is CCCCCCCOC(=O)c1ccc(N=CC2=C(O)CC(CC)(CC)CC2=O)cc1. The van der Waals surface area contributed by atoms with E-state index in [4.69, 9.17) is 4.74 Å². The maximum atomic E-state index is 12.5. The Bertz CT molecular complexity index is 773. The van der Waals surface area contributed by atoms with E-state index in [-0.39, 0.29) is 22.9 Å². The van der Waals surface area contributed by atoms with Crippen molar-refractivity contribution in [2.45, 2.75) is 78.6 Å². The van der Waals surface area contributed by atoms with Crippen LogP contribution in [0.15, 0.2) is 40.6 Å². The van der Waals surface area contributed by atoms with Gasteiger partial charge in [-0.2, -0.15) is 0 Å². The standard InChI is InChI=1S/C25H35NO4/c1-4-7-8-9-10-15-30-24(29)19-11-13-20(14-12-19)26-18-21-22(27)16-25(5-2,6-3)17-23(21)28/h11-14,18,27H,4-10,15-17H2,1-3H3. The Kier molecular flexibility index (Phi) is 9.28. The number of aliphatic imine (C=N–C) groups is 1. The van der Waals surface area contributed by atoms with Gasteiger partial charge in [0.25, 0.3) is 0 Å². The molecule has 5 heteroatoms. The molecule has 0 amide bonds. The third-order valence-corrected chi connectivity index (χ3v) is 6.12. The predicted octanol–water partition coefficient (Wildman–Crippen LogP) is 6.50. The second-order valence-electron chi connectivity index (χ2n) is 8.20. The smallest absolute Gasteiger partial charge is 0.338 e. The van der Waals surface area contributed by atoms with Crippen LogP contribution in [0.25, 0.3) is 0 Å². The van der Waals surface area contributed by atoms with E-state index in [1.54, 1.807) is 24.3 Å². The second-order valence-corrected chi connectivity index (χ2v) is 8.20. The fourth-order valence-electron chi connectivity index (χ4n) is 3.78. The van der Waals surface area contributed by atoms with Gasteiger partial charge in [0.15, 0.2) is 5.78 Å². The number of benzene rings is 1. The Labute approximate surface area is 180 Å². The van der Waals surface area contributed by atoms with Gasteiger partial charge in [-0.05, 0) is 48.9 Å². The highest BCUT2D eigenvalue weighted by atomic mass is 16.5. The van der Waals surface area contributed by atoms with E-state index in [1.807, 2.05) is 0 Å².